The van der Waals surface area contributed by atoms with E-state index in [4.69, 9.17) is 0 Å². The number of alkyl halides is 3. The van der Waals surface area contributed by atoms with Gasteiger partial charge in [0.2, 0.25) is 5.91 Å². The van der Waals surface area contributed by atoms with Gasteiger partial charge >= 0.3 is 6.18 Å². The van der Waals surface area contributed by atoms with Crippen molar-refractivity contribution < 1.29 is 18.0 Å². The van der Waals surface area contributed by atoms with E-state index >= 15 is 0 Å². The number of nitrogens with zero attached hydrogens (tertiary/aromatic N) is 1. The molecule has 1 atom stereocenters. The quantitative estimate of drug-likeness (QED) is 0.374. The summed E-state index contributed by atoms with van der Waals surface area (Å²) in [6.07, 6.45) is -3.27. The fraction of sp³-hybridized carbons (Fsp3) is 0.231. The molecule has 0 spiro atoms. The van der Waals surface area contributed by atoms with E-state index < -0.39 is 17.8 Å². The highest BCUT2D eigenvalue weighted by Gasteiger charge is 2.31. The first-order chi connectivity index (χ1) is 15.8. The van der Waals surface area contributed by atoms with Crippen LogP contribution in [0.25, 0.3) is 21.8 Å². The first-order valence-corrected chi connectivity index (χ1v) is 10.8. The average Bonchev–Trinajstić information content (AvgIpc) is 2.81. The Labute approximate surface area is 188 Å². The molecule has 1 N–H and O–H groups in total. The Morgan fingerprint density at radius 2 is 1.55 bits per heavy atom. The van der Waals surface area contributed by atoms with Gasteiger partial charge in [-0.25, -0.2) is 0 Å². The molecule has 3 aromatic carbocycles. The molecule has 4 rings (SSSR count). The summed E-state index contributed by atoms with van der Waals surface area (Å²) in [6, 6.07) is 18.7. The van der Waals surface area contributed by atoms with Crippen molar-refractivity contribution in [2.75, 3.05) is 0 Å². The van der Waals surface area contributed by atoms with Crippen LogP contribution in [0.15, 0.2) is 77.6 Å². The van der Waals surface area contributed by atoms with Gasteiger partial charge in [-0.05, 0) is 48.4 Å². The van der Waals surface area contributed by atoms with E-state index in [0.717, 1.165) is 12.1 Å². The van der Waals surface area contributed by atoms with Crippen molar-refractivity contribution in [2.24, 2.45) is 0 Å². The molecule has 0 aliphatic rings. The van der Waals surface area contributed by atoms with E-state index in [1.807, 2.05) is 6.92 Å². The van der Waals surface area contributed by atoms with Gasteiger partial charge in [-0.3, -0.25) is 9.59 Å². The van der Waals surface area contributed by atoms with Gasteiger partial charge < -0.3 is 9.88 Å². The maximum absolute atomic E-state index is 13.2. The van der Waals surface area contributed by atoms with Gasteiger partial charge in [-0.1, -0.05) is 49.7 Å². The van der Waals surface area contributed by atoms with E-state index in [9.17, 15) is 22.8 Å². The Hall–Kier alpha value is -3.61. The summed E-state index contributed by atoms with van der Waals surface area (Å²) in [7, 11) is 0. The van der Waals surface area contributed by atoms with Crippen molar-refractivity contribution in [3.8, 4) is 0 Å². The Morgan fingerprint density at radius 3 is 2.12 bits per heavy atom. The van der Waals surface area contributed by atoms with Crippen LogP contribution in [0.4, 0.5) is 13.2 Å². The fourth-order valence-electron chi connectivity index (χ4n) is 4.17. The second-order valence-electron chi connectivity index (χ2n) is 7.98. The van der Waals surface area contributed by atoms with Crippen molar-refractivity contribution in [3.05, 3.63) is 94.1 Å². The smallest absolute Gasteiger partial charge is 0.348 e. The minimum absolute atomic E-state index is 0.0690. The lowest BCUT2D eigenvalue weighted by atomic mass is 10.00. The second kappa shape index (κ2) is 9.10. The average molecular weight is 452 g/mol. The summed E-state index contributed by atoms with van der Waals surface area (Å²) in [4.78, 5) is 26.0. The van der Waals surface area contributed by atoms with Gasteiger partial charge in [-0.2, -0.15) is 13.2 Å². The molecule has 1 heterocycles. The highest BCUT2D eigenvalue weighted by molar-refractivity contribution is 5.94. The highest BCUT2D eigenvalue weighted by Crippen LogP contribution is 2.31. The maximum atomic E-state index is 13.2. The minimum atomic E-state index is -4.45. The van der Waals surface area contributed by atoms with Crippen molar-refractivity contribution in [1.29, 1.82) is 0 Å². The molecule has 1 aromatic heterocycles. The monoisotopic (exact) mass is 452 g/mol. The number of carbonyl (C=O) groups excluding carboxylic acids is 1. The number of amides is 1. The Morgan fingerprint density at radius 1 is 0.939 bits per heavy atom. The van der Waals surface area contributed by atoms with Crippen molar-refractivity contribution in [2.45, 2.75) is 38.5 Å². The lowest BCUT2D eigenvalue weighted by Gasteiger charge is -2.21. The first kappa shape index (κ1) is 22.6. The van der Waals surface area contributed by atoms with Gasteiger partial charge in [0.1, 0.15) is 6.54 Å². The molecule has 0 fully saturated rings. The standard InChI is InChI=1S/C26H23F3N2O2/c1-2-8-21(17-9-7-10-18(15-17)26(27,28)29)30-24(32)16-31-22-13-5-3-11-19(22)25(33)20-12-4-6-14-23(20)31/h3-7,9-15,21H,2,8,16H2,1H3,(H,30,32). The Kier molecular flexibility index (Phi) is 6.22. The molecule has 0 radical (unpaired) electrons. The molecule has 0 aliphatic heterocycles. The summed E-state index contributed by atoms with van der Waals surface area (Å²) in [5.74, 6) is -0.343. The van der Waals surface area contributed by atoms with Crippen LogP contribution in [-0.2, 0) is 17.5 Å². The third-order valence-electron chi connectivity index (χ3n) is 5.71. The zero-order chi connectivity index (χ0) is 23.6. The van der Waals surface area contributed by atoms with Crippen molar-refractivity contribution in [1.82, 2.24) is 9.88 Å². The number of hydrogen-bond donors (Lipinski definition) is 1. The zero-order valence-electron chi connectivity index (χ0n) is 18.0. The third-order valence-corrected chi connectivity index (χ3v) is 5.71. The number of benzene rings is 3. The molecular weight excluding hydrogens is 429 g/mol. The Bertz CT molecular complexity index is 1320. The molecule has 0 saturated carbocycles. The summed E-state index contributed by atoms with van der Waals surface area (Å²) in [6.45, 7) is 1.84. The predicted octanol–water partition coefficient (Wildman–Crippen LogP) is 5.83. The molecule has 7 heteroatoms. The number of carbonyl (C=O) groups is 1. The molecular formula is C26H23F3N2O2. The van der Waals surface area contributed by atoms with E-state index in [2.05, 4.69) is 5.32 Å². The lowest BCUT2D eigenvalue weighted by molar-refractivity contribution is -0.137. The van der Waals surface area contributed by atoms with E-state index in [0.29, 0.717) is 40.2 Å². The number of pyridine rings is 1. The van der Waals surface area contributed by atoms with Gasteiger partial charge in [0.15, 0.2) is 5.43 Å². The number of nitrogens with one attached hydrogen (secondary N) is 1. The van der Waals surface area contributed by atoms with Gasteiger partial charge in [0, 0.05) is 10.8 Å². The second-order valence-corrected chi connectivity index (χ2v) is 7.98. The molecule has 1 unspecified atom stereocenters. The van der Waals surface area contributed by atoms with Crippen LogP contribution < -0.4 is 10.7 Å². The SMILES string of the molecule is CCCC(NC(=O)Cn1c2ccccc2c(=O)c2ccccc21)c1cccc(C(F)(F)F)c1. The summed E-state index contributed by atoms with van der Waals surface area (Å²) in [5, 5.41) is 3.91. The normalized spacial score (nSPS) is 12.7. The number of para-hydroxylation sites is 2. The minimum Gasteiger partial charge on any atom is -0.348 e. The molecule has 4 nitrogen and oxygen atoms in total. The summed E-state index contributed by atoms with van der Waals surface area (Å²) < 4.78 is 41.3. The molecule has 0 aliphatic carbocycles. The molecule has 33 heavy (non-hydrogen) atoms. The topological polar surface area (TPSA) is 51.1 Å². The highest BCUT2D eigenvalue weighted by atomic mass is 19.4. The van der Waals surface area contributed by atoms with E-state index in [1.165, 1.54) is 6.07 Å². The van der Waals surface area contributed by atoms with E-state index in [1.54, 1.807) is 59.2 Å². The van der Waals surface area contributed by atoms with Gasteiger partial charge in [0.05, 0.1) is 22.6 Å². The largest absolute Gasteiger partial charge is 0.416 e. The molecule has 4 aromatic rings. The molecule has 1 amide bonds. The zero-order valence-corrected chi connectivity index (χ0v) is 18.0. The number of fused-ring (bicyclic) bond motifs is 2. The van der Waals surface area contributed by atoms with Crippen LogP contribution in [0.3, 0.4) is 0 Å². The van der Waals surface area contributed by atoms with Crippen molar-refractivity contribution >= 4 is 27.7 Å². The fourth-order valence-corrected chi connectivity index (χ4v) is 4.17. The van der Waals surface area contributed by atoms with Crippen LogP contribution in [0.5, 0.6) is 0 Å². The number of halogens is 3. The Balaban J connectivity index is 1.69. The predicted molar refractivity (Wildman–Crippen MR) is 123 cm³/mol. The van der Waals surface area contributed by atoms with Crippen LogP contribution in [0.2, 0.25) is 0 Å². The lowest BCUT2D eigenvalue weighted by Crippen LogP contribution is -2.32. The first-order valence-electron chi connectivity index (χ1n) is 10.8. The summed E-state index contributed by atoms with van der Waals surface area (Å²) in [5.41, 5.74) is 0.818. The molecule has 0 bridgehead atoms. The number of rotatable bonds is 6. The molecule has 0 saturated heterocycles. The van der Waals surface area contributed by atoms with Gasteiger partial charge in [-0.15, -0.1) is 0 Å². The van der Waals surface area contributed by atoms with Crippen molar-refractivity contribution in [3.63, 3.8) is 0 Å². The third kappa shape index (κ3) is 4.62. The number of aromatic nitrogens is 1. The van der Waals surface area contributed by atoms with Crippen LogP contribution in [-0.4, -0.2) is 10.5 Å². The van der Waals surface area contributed by atoms with Crippen LogP contribution in [0, 0.1) is 0 Å². The molecule has 170 valence electrons. The van der Waals surface area contributed by atoms with Crippen LogP contribution >= 0.6 is 0 Å². The summed E-state index contributed by atoms with van der Waals surface area (Å²) >= 11 is 0. The van der Waals surface area contributed by atoms with Crippen LogP contribution in [0.1, 0.15) is 36.9 Å². The van der Waals surface area contributed by atoms with E-state index in [-0.39, 0.29) is 17.9 Å². The maximum Gasteiger partial charge on any atom is 0.416 e. The number of hydrogen-bond acceptors (Lipinski definition) is 2. The van der Waals surface area contributed by atoms with Gasteiger partial charge in [0.25, 0.3) is 0 Å².